The standard InChI is InChI=1S/C31H34F3N3O4/c1-17-11-18(12-26(35)31(17)39-2)22-5-8-36-16-19(22)13-28(38)27-4-3-23(32)30(37-27)29-24(33)14-21(15-25(29)34)41-20-6-9-40-10-7-20/h3-5,8,14-18,20,26,31H,6-7,9-13,35H2,1-2H3/t17-,18+,26+,31+/m0/s1. The van der Waals surface area contributed by atoms with E-state index in [4.69, 9.17) is 19.9 Å². The fourth-order valence-corrected chi connectivity index (χ4v) is 6.08. The van der Waals surface area contributed by atoms with Gasteiger partial charge in [0.2, 0.25) is 0 Å². The maximum atomic E-state index is 15.1. The number of ketones is 1. The molecular formula is C31H34F3N3O4. The minimum absolute atomic E-state index is 0.000894. The van der Waals surface area contributed by atoms with Gasteiger partial charge in [0.25, 0.3) is 0 Å². The SMILES string of the molecule is CO[C@H]1[C@H](N)C[C@H](c2ccncc2CC(=O)c2ccc(F)c(-c3c(F)cc(OC4CCOCC4)cc3F)n2)C[C@@H]1C. The summed E-state index contributed by atoms with van der Waals surface area (Å²) in [4.78, 5) is 21.6. The average molecular weight is 570 g/mol. The van der Waals surface area contributed by atoms with E-state index in [1.54, 1.807) is 19.5 Å². The normalized spacial score (nSPS) is 23.4. The van der Waals surface area contributed by atoms with Gasteiger partial charge in [-0.25, -0.2) is 18.2 Å². The van der Waals surface area contributed by atoms with Gasteiger partial charge in [-0.15, -0.1) is 0 Å². The molecule has 218 valence electrons. The van der Waals surface area contributed by atoms with E-state index in [-0.39, 0.29) is 47.9 Å². The number of ether oxygens (including phenoxy) is 3. The first-order valence-electron chi connectivity index (χ1n) is 13.9. The molecule has 1 saturated carbocycles. The first-order chi connectivity index (χ1) is 19.7. The molecular weight excluding hydrogens is 535 g/mol. The summed E-state index contributed by atoms with van der Waals surface area (Å²) >= 11 is 0. The monoisotopic (exact) mass is 569 g/mol. The average Bonchev–Trinajstić information content (AvgIpc) is 2.94. The van der Waals surface area contributed by atoms with Crippen LogP contribution in [0.4, 0.5) is 13.2 Å². The lowest BCUT2D eigenvalue weighted by atomic mass is 9.73. The molecule has 5 rings (SSSR count). The van der Waals surface area contributed by atoms with Crippen LogP contribution in [-0.4, -0.2) is 54.3 Å². The van der Waals surface area contributed by atoms with Crippen molar-refractivity contribution in [2.24, 2.45) is 11.7 Å². The van der Waals surface area contributed by atoms with Crippen molar-refractivity contribution in [3.8, 4) is 17.0 Å². The van der Waals surface area contributed by atoms with Crippen molar-refractivity contribution in [1.82, 2.24) is 9.97 Å². The molecule has 4 atom stereocenters. The molecule has 2 fully saturated rings. The Hall–Kier alpha value is -3.34. The summed E-state index contributed by atoms with van der Waals surface area (Å²) in [5.74, 6) is -3.10. The van der Waals surface area contributed by atoms with E-state index >= 15 is 8.78 Å². The van der Waals surface area contributed by atoms with Crippen LogP contribution in [0.5, 0.6) is 5.75 Å². The van der Waals surface area contributed by atoms with Crippen molar-refractivity contribution in [1.29, 1.82) is 0 Å². The van der Waals surface area contributed by atoms with Crippen molar-refractivity contribution in [3.05, 3.63) is 77.0 Å². The van der Waals surface area contributed by atoms with Crippen LogP contribution >= 0.6 is 0 Å². The predicted octanol–water partition coefficient (Wildman–Crippen LogP) is 5.40. The van der Waals surface area contributed by atoms with Crippen LogP contribution in [0, 0.1) is 23.4 Å². The molecule has 0 amide bonds. The van der Waals surface area contributed by atoms with Gasteiger partial charge in [-0.3, -0.25) is 9.78 Å². The second kappa shape index (κ2) is 12.7. The third-order valence-electron chi connectivity index (χ3n) is 8.06. The van der Waals surface area contributed by atoms with Crippen molar-refractivity contribution < 1.29 is 32.2 Å². The number of nitrogens with zero attached hydrogens (tertiary/aromatic N) is 2. The van der Waals surface area contributed by atoms with Gasteiger partial charge in [0.1, 0.15) is 40.7 Å². The number of halogens is 3. The minimum atomic E-state index is -1.03. The van der Waals surface area contributed by atoms with Gasteiger partial charge in [-0.05, 0) is 54.0 Å². The second-order valence-electron chi connectivity index (χ2n) is 10.9. The maximum absolute atomic E-state index is 15.1. The Balaban J connectivity index is 1.37. The van der Waals surface area contributed by atoms with E-state index in [1.807, 2.05) is 6.07 Å². The number of aromatic nitrogens is 2. The number of pyridine rings is 2. The van der Waals surface area contributed by atoms with Crippen LogP contribution in [-0.2, 0) is 15.9 Å². The molecule has 1 aromatic carbocycles. The van der Waals surface area contributed by atoms with Gasteiger partial charge in [0, 0.05) is 56.9 Å². The third kappa shape index (κ3) is 6.45. The third-order valence-corrected chi connectivity index (χ3v) is 8.06. The van der Waals surface area contributed by atoms with E-state index in [0.29, 0.717) is 38.0 Å². The summed E-state index contributed by atoms with van der Waals surface area (Å²) in [6, 6.07) is 5.98. The van der Waals surface area contributed by atoms with Gasteiger partial charge in [0.15, 0.2) is 5.78 Å². The van der Waals surface area contributed by atoms with Gasteiger partial charge in [0.05, 0.1) is 24.9 Å². The zero-order chi connectivity index (χ0) is 29.1. The fraction of sp³-hybridized carbons (Fsp3) is 0.452. The summed E-state index contributed by atoms with van der Waals surface area (Å²) in [7, 11) is 1.66. The van der Waals surface area contributed by atoms with Crippen LogP contribution in [0.15, 0.2) is 42.7 Å². The Labute approximate surface area is 237 Å². The highest BCUT2D eigenvalue weighted by molar-refractivity contribution is 5.96. The number of carbonyl (C=O) groups excluding carboxylic acids is 1. The molecule has 0 radical (unpaired) electrons. The quantitative estimate of drug-likeness (QED) is 0.363. The molecule has 2 aromatic heterocycles. The van der Waals surface area contributed by atoms with Gasteiger partial charge in [-0.2, -0.15) is 0 Å². The van der Waals surface area contributed by atoms with E-state index in [9.17, 15) is 9.18 Å². The molecule has 1 aliphatic heterocycles. The number of hydrogen-bond acceptors (Lipinski definition) is 7. The summed E-state index contributed by atoms with van der Waals surface area (Å²) in [6.45, 7) is 3.11. The summed E-state index contributed by atoms with van der Waals surface area (Å²) < 4.78 is 61.6. The van der Waals surface area contributed by atoms with Crippen LogP contribution < -0.4 is 10.5 Å². The zero-order valence-electron chi connectivity index (χ0n) is 23.1. The molecule has 1 saturated heterocycles. The Morgan fingerprint density at radius 2 is 1.80 bits per heavy atom. The maximum Gasteiger partial charge on any atom is 0.185 e. The van der Waals surface area contributed by atoms with Crippen LogP contribution in [0.25, 0.3) is 11.3 Å². The fourth-order valence-electron chi connectivity index (χ4n) is 6.08. The zero-order valence-corrected chi connectivity index (χ0v) is 23.1. The minimum Gasteiger partial charge on any atom is -0.490 e. The van der Waals surface area contributed by atoms with Crippen molar-refractivity contribution >= 4 is 5.78 Å². The molecule has 0 bridgehead atoms. The largest absolute Gasteiger partial charge is 0.490 e. The summed E-state index contributed by atoms with van der Waals surface area (Å²) in [6.07, 6.45) is 5.72. The first kappa shape index (κ1) is 29.2. The molecule has 41 heavy (non-hydrogen) atoms. The first-order valence-corrected chi connectivity index (χ1v) is 13.9. The molecule has 2 N–H and O–H groups in total. The lowest BCUT2D eigenvalue weighted by molar-refractivity contribution is 0.00970. The lowest BCUT2D eigenvalue weighted by Crippen LogP contribution is -2.45. The number of rotatable bonds is 8. The summed E-state index contributed by atoms with van der Waals surface area (Å²) in [5.41, 5.74) is 6.72. The number of carbonyl (C=O) groups is 1. The smallest absolute Gasteiger partial charge is 0.185 e. The molecule has 3 heterocycles. The van der Waals surface area contributed by atoms with Crippen LogP contribution in [0.3, 0.4) is 0 Å². The molecule has 0 unspecified atom stereocenters. The van der Waals surface area contributed by atoms with Crippen molar-refractivity contribution in [2.45, 2.75) is 63.2 Å². The van der Waals surface area contributed by atoms with Crippen LogP contribution in [0.1, 0.15) is 60.1 Å². The molecule has 1 aliphatic carbocycles. The van der Waals surface area contributed by atoms with Crippen LogP contribution in [0.2, 0.25) is 0 Å². The van der Waals surface area contributed by atoms with E-state index < -0.39 is 34.5 Å². The van der Waals surface area contributed by atoms with Gasteiger partial charge < -0.3 is 19.9 Å². The Kier molecular flexibility index (Phi) is 9.01. The topological polar surface area (TPSA) is 96.6 Å². The molecule has 10 heteroatoms. The number of hydrogen-bond donors (Lipinski definition) is 1. The number of benzene rings is 1. The Bertz CT molecular complexity index is 1360. The highest BCUT2D eigenvalue weighted by Crippen LogP contribution is 2.38. The second-order valence-corrected chi connectivity index (χ2v) is 10.9. The summed E-state index contributed by atoms with van der Waals surface area (Å²) in [5, 5.41) is 0. The number of Topliss-reactive ketones (excluding diaryl/α,β-unsaturated/α-hetero) is 1. The Morgan fingerprint density at radius 1 is 1.07 bits per heavy atom. The van der Waals surface area contributed by atoms with Crippen molar-refractivity contribution in [3.63, 3.8) is 0 Å². The molecule has 7 nitrogen and oxygen atoms in total. The van der Waals surface area contributed by atoms with E-state index in [0.717, 1.165) is 30.2 Å². The Morgan fingerprint density at radius 3 is 2.49 bits per heavy atom. The molecule has 2 aliphatic rings. The lowest BCUT2D eigenvalue weighted by Gasteiger charge is -2.38. The van der Waals surface area contributed by atoms with E-state index in [1.165, 1.54) is 6.07 Å². The van der Waals surface area contributed by atoms with Gasteiger partial charge in [-0.1, -0.05) is 6.92 Å². The number of nitrogens with two attached hydrogens (primary N) is 1. The highest BCUT2D eigenvalue weighted by atomic mass is 19.1. The highest BCUT2D eigenvalue weighted by Gasteiger charge is 2.35. The predicted molar refractivity (Wildman–Crippen MR) is 146 cm³/mol. The van der Waals surface area contributed by atoms with Crippen molar-refractivity contribution in [2.75, 3.05) is 20.3 Å². The van der Waals surface area contributed by atoms with Gasteiger partial charge >= 0.3 is 0 Å². The molecule has 0 spiro atoms. The van der Waals surface area contributed by atoms with E-state index in [2.05, 4.69) is 16.9 Å². The number of methoxy groups -OCH3 is 1. The molecule has 3 aromatic rings.